The normalized spacial score (nSPS) is 10.3. The van der Waals surface area contributed by atoms with Crippen molar-refractivity contribution in [2.45, 2.75) is 0 Å². The number of ether oxygens (including phenoxy) is 1. The van der Waals surface area contributed by atoms with Crippen molar-refractivity contribution >= 4 is 28.1 Å². The molecule has 0 saturated heterocycles. The summed E-state index contributed by atoms with van der Waals surface area (Å²) in [4.78, 5) is 3.81. The summed E-state index contributed by atoms with van der Waals surface area (Å²) in [5.41, 5.74) is 11.1. The summed E-state index contributed by atoms with van der Waals surface area (Å²) in [7, 11) is 0. The Kier molecular flexibility index (Phi) is 3.76. The fraction of sp³-hybridized carbons (Fsp3) is 0. The van der Waals surface area contributed by atoms with Crippen molar-refractivity contribution < 1.29 is 13.5 Å². The van der Waals surface area contributed by atoms with E-state index in [-0.39, 0.29) is 27.9 Å². The number of rotatable bonds is 3. The van der Waals surface area contributed by atoms with E-state index in [0.717, 1.165) is 12.1 Å². The van der Waals surface area contributed by atoms with Crippen molar-refractivity contribution in [3.8, 4) is 11.5 Å². The fourth-order valence-electron chi connectivity index (χ4n) is 1.60. The van der Waals surface area contributed by atoms with Crippen LogP contribution in [0.5, 0.6) is 11.5 Å². The van der Waals surface area contributed by atoms with Gasteiger partial charge < -0.3 is 16.2 Å². The Labute approximate surface area is 118 Å². The van der Waals surface area contributed by atoms with E-state index in [1.807, 2.05) is 0 Å². The Bertz CT molecular complexity index is 668. The number of nitrogens with two attached hydrogens (primary N) is 2. The second-order valence-electron chi connectivity index (χ2n) is 3.89. The van der Waals surface area contributed by atoms with Crippen LogP contribution >= 0.6 is 11.6 Å². The van der Waals surface area contributed by atoms with Crippen LogP contribution in [0, 0.1) is 11.6 Å². The Hall–Kier alpha value is -2.34. The van der Waals surface area contributed by atoms with Gasteiger partial charge in [0.2, 0.25) is 0 Å². The summed E-state index contributed by atoms with van der Waals surface area (Å²) < 4.78 is 32.6. The first-order valence-electron chi connectivity index (χ1n) is 5.41. The molecule has 4 N–H and O–H groups in total. The molecule has 1 aromatic heterocycles. The van der Waals surface area contributed by atoms with Crippen LogP contribution in [0.15, 0.2) is 31.0 Å². The summed E-state index contributed by atoms with van der Waals surface area (Å²) in [5, 5.41) is 0.0434. The minimum atomic E-state index is -0.941. The first-order valence-corrected chi connectivity index (χ1v) is 5.79. The highest BCUT2D eigenvalue weighted by Gasteiger charge is 2.17. The first kappa shape index (κ1) is 14.1. The van der Waals surface area contributed by atoms with Gasteiger partial charge in [-0.25, -0.2) is 13.8 Å². The zero-order valence-electron chi connectivity index (χ0n) is 10.2. The van der Waals surface area contributed by atoms with Crippen molar-refractivity contribution in [1.29, 1.82) is 0 Å². The third-order valence-corrected chi connectivity index (χ3v) is 2.63. The van der Waals surface area contributed by atoms with Gasteiger partial charge in [-0.1, -0.05) is 18.2 Å². The zero-order chi connectivity index (χ0) is 14.9. The van der Waals surface area contributed by atoms with E-state index < -0.39 is 17.4 Å². The molecular weight excluding hydrogens is 288 g/mol. The molecule has 4 nitrogen and oxygen atoms in total. The van der Waals surface area contributed by atoms with Gasteiger partial charge in [0.05, 0.1) is 5.56 Å². The van der Waals surface area contributed by atoms with E-state index in [1.165, 1.54) is 12.3 Å². The van der Waals surface area contributed by atoms with Gasteiger partial charge in [0.15, 0.2) is 17.4 Å². The smallest absolute Gasteiger partial charge is 0.198 e. The van der Waals surface area contributed by atoms with E-state index in [0.29, 0.717) is 0 Å². The summed E-state index contributed by atoms with van der Waals surface area (Å²) in [6.07, 6.45) is 1.32. The largest absolute Gasteiger partial charge is 0.450 e. The highest BCUT2D eigenvalue weighted by Crippen LogP contribution is 2.36. The molecule has 2 aromatic rings. The third kappa shape index (κ3) is 2.65. The van der Waals surface area contributed by atoms with Gasteiger partial charge in [-0.3, -0.25) is 0 Å². The van der Waals surface area contributed by atoms with Gasteiger partial charge in [0, 0.05) is 29.0 Å². The highest BCUT2D eigenvalue weighted by atomic mass is 35.5. The summed E-state index contributed by atoms with van der Waals surface area (Å²) in [5.74, 6) is -2.41. The predicted molar refractivity (Wildman–Crippen MR) is 74.4 cm³/mol. The molecule has 0 aliphatic heterocycles. The molecule has 0 radical (unpaired) electrons. The topological polar surface area (TPSA) is 74.2 Å². The van der Waals surface area contributed by atoms with E-state index >= 15 is 0 Å². The molecule has 1 heterocycles. The summed E-state index contributed by atoms with van der Waals surface area (Å²) in [6.45, 7) is 3.51. The molecule has 0 spiro atoms. The molecule has 0 aliphatic carbocycles. The zero-order valence-corrected chi connectivity index (χ0v) is 10.9. The van der Waals surface area contributed by atoms with Crippen LogP contribution in [-0.4, -0.2) is 4.98 Å². The maximum atomic E-state index is 13.7. The lowest BCUT2D eigenvalue weighted by atomic mass is 10.2. The molecule has 20 heavy (non-hydrogen) atoms. The number of hydrogen-bond donors (Lipinski definition) is 2. The molecular formula is C13H10ClF2N3O. The van der Waals surface area contributed by atoms with Crippen LogP contribution in [0.1, 0.15) is 5.56 Å². The number of anilines is 2. The molecule has 1 aromatic carbocycles. The van der Waals surface area contributed by atoms with Crippen molar-refractivity contribution in [3.63, 3.8) is 0 Å². The minimum Gasteiger partial charge on any atom is -0.450 e. The van der Waals surface area contributed by atoms with Crippen molar-refractivity contribution in [2.75, 3.05) is 11.5 Å². The standard InChI is InChI=1S/C13H10ClF2N3O/c1-6(14)11-10(2-3-19-13(11)18)20-12-8(15)4-7(17)5-9(12)16/h2-5H,1,17H2,(H2,18,19). The molecule has 2 rings (SSSR count). The Balaban J connectivity index is 2.51. The Morgan fingerprint density at radius 3 is 2.40 bits per heavy atom. The highest BCUT2D eigenvalue weighted by molar-refractivity contribution is 6.49. The predicted octanol–water partition coefficient (Wildman–Crippen LogP) is 3.53. The van der Waals surface area contributed by atoms with Crippen LogP contribution in [0.25, 0.3) is 5.03 Å². The lowest BCUT2D eigenvalue weighted by molar-refractivity contribution is 0.407. The van der Waals surface area contributed by atoms with Crippen molar-refractivity contribution in [3.05, 3.63) is 48.2 Å². The van der Waals surface area contributed by atoms with E-state index in [1.54, 1.807) is 0 Å². The van der Waals surface area contributed by atoms with Crippen LogP contribution in [0.3, 0.4) is 0 Å². The second kappa shape index (κ2) is 5.34. The maximum absolute atomic E-state index is 13.7. The van der Waals surface area contributed by atoms with Crippen LogP contribution in [-0.2, 0) is 0 Å². The number of benzene rings is 1. The SMILES string of the molecule is C=C(Cl)c1c(Oc2c(F)cc(N)cc2F)ccnc1N. The lowest BCUT2D eigenvalue weighted by Crippen LogP contribution is -2.01. The van der Waals surface area contributed by atoms with Gasteiger partial charge in [0.1, 0.15) is 11.6 Å². The molecule has 0 bridgehead atoms. The van der Waals surface area contributed by atoms with Crippen LogP contribution in [0.2, 0.25) is 0 Å². The molecule has 0 amide bonds. The fourth-order valence-corrected chi connectivity index (χ4v) is 1.79. The molecule has 7 heteroatoms. The maximum Gasteiger partial charge on any atom is 0.198 e. The van der Waals surface area contributed by atoms with Gasteiger partial charge in [-0.15, -0.1) is 0 Å². The molecule has 0 unspecified atom stereocenters. The average Bonchev–Trinajstić information content (AvgIpc) is 2.33. The summed E-state index contributed by atoms with van der Waals surface area (Å²) >= 11 is 5.78. The van der Waals surface area contributed by atoms with E-state index in [9.17, 15) is 8.78 Å². The Morgan fingerprint density at radius 2 is 1.85 bits per heavy atom. The number of nitrogens with zero attached hydrogens (tertiary/aromatic N) is 1. The van der Waals surface area contributed by atoms with Crippen molar-refractivity contribution in [2.24, 2.45) is 0 Å². The van der Waals surface area contributed by atoms with Crippen LogP contribution < -0.4 is 16.2 Å². The first-order chi connectivity index (χ1) is 9.40. The van der Waals surface area contributed by atoms with E-state index in [2.05, 4.69) is 11.6 Å². The minimum absolute atomic E-state index is 0.0405. The van der Waals surface area contributed by atoms with Gasteiger partial charge in [-0.2, -0.15) is 0 Å². The number of hydrogen-bond acceptors (Lipinski definition) is 4. The molecule has 0 atom stereocenters. The molecule has 0 fully saturated rings. The van der Waals surface area contributed by atoms with Gasteiger partial charge in [-0.05, 0) is 6.07 Å². The molecule has 0 aliphatic rings. The Morgan fingerprint density at radius 1 is 1.25 bits per heavy atom. The van der Waals surface area contributed by atoms with E-state index in [4.69, 9.17) is 27.8 Å². The monoisotopic (exact) mass is 297 g/mol. The lowest BCUT2D eigenvalue weighted by Gasteiger charge is -2.13. The van der Waals surface area contributed by atoms with Gasteiger partial charge in [0.25, 0.3) is 0 Å². The molecule has 0 saturated carbocycles. The molecule has 104 valence electrons. The number of nitrogen functional groups attached to an aromatic ring is 2. The number of aromatic nitrogens is 1. The third-order valence-electron chi connectivity index (χ3n) is 2.45. The number of pyridine rings is 1. The van der Waals surface area contributed by atoms with Crippen LogP contribution in [0.4, 0.5) is 20.3 Å². The van der Waals surface area contributed by atoms with Crippen molar-refractivity contribution in [1.82, 2.24) is 4.98 Å². The van der Waals surface area contributed by atoms with Gasteiger partial charge >= 0.3 is 0 Å². The average molecular weight is 298 g/mol. The number of halogens is 3. The summed E-state index contributed by atoms with van der Waals surface area (Å²) in [6, 6.07) is 3.25. The second-order valence-corrected chi connectivity index (χ2v) is 4.35. The quantitative estimate of drug-likeness (QED) is 0.850.